The predicted molar refractivity (Wildman–Crippen MR) is 125 cm³/mol. The van der Waals surface area contributed by atoms with Crippen LogP contribution in [0.3, 0.4) is 0 Å². The minimum absolute atomic E-state index is 0.303. The Bertz CT molecular complexity index is 1310. The average molecular weight is 459 g/mol. The lowest BCUT2D eigenvalue weighted by Gasteiger charge is -2.45. The number of anilines is 1. The molecule has 1 saturated heterocycles. The Balaban J connectivity index is 1.31. The van der Waals surface area contributed by atoms with Gasteiger partial charge in [0.25, 0.3) is 0 Å². The van der Waals surface area contributed by atoms with E-state index >= 15 is 0 Å². The number of imidazole rings is 1. The molecule has 0 aromatic carbocycles. The highest BCUT2D eigenvalue weighted by Gasteiger charge is 2.46. The zero-order chi connectivity index (χ0) is 22.5. The number of hydrogen-bond acceptors (Lipinski definition) is 8. The SMILES string of the molecule is C1=CCC2=C(C1)OCCC21COCc2nc3ccc(-c4cnc(N5CCOCC5)nc4)nc3n21. The highest BCUT2D eigenvalue weighted by Crippen LogP contribution is 2.45. The predicted octanol–water partition coefficient (Wildman–Crippen LogP) is 2.97. The van der Waals surface area contributed by atoms with Crippen molar-refractivity contribution in [2.75, 3.05) is 44.4 Å². The molecule has 0 bridgehead atoms. The first kappa shape index (κ1) is 20.1. The highest BCUT2D eigenvalue weighted by molar-refractivity contribution is 5.77. The van der Waals surface area contributed by atoms with E-state index in [0.29, 0.717) is 33.0 Å². The van der Waals surface area contributed by atoms with Gasteiger partial charge in [0, 0.05) is 49.5 Å². The number of rotatable bonds is 2. The summed E-state index contributed by atoms with van der Waals surface area (Å²) >= 11 is 0. The molecular weight excluding hydrogens is 432 g/mol. The Kier molecular flexibility index (Phi) is 4.66. The quantitative estimate of drug-likeness (QED) is 0.542. The Morgan fingerprint density at radius 3 is 2.65 bits per heavy atom. The van der Waals surface area contributed by atoms with Gasteiger partial charge in [0.1, 0.15) is 23.7 Å². The second-order valence-electron chi connectivity index (χ2n) is 9.18. The second kappa shape index (κ2) is 7.89. The Hall–Kier alpha value is -3.30. The van der Waals surface area contributed by atoms with Crippen LogP contribution in [0, 0.1) is 0 Å². The van der Waals surface area contributed by atoms with E-state index in [1.807, 2.05) is 24.5 Å². The fourth-order valence-corrected chi connectivity index (χ4v) is 5.59. The van der Waals surface area contributed by atoms with Gasteiger partial charge in [0.15, 0.2) is 5.65 Å². The van der Waals surface area contributed by atoms with Crippen molar-refractivity contribution in [1.29, 1.82) is 0 Å². The summed E-state index contributed by atoms with van der Waals surface area (Å²) in [6.45, 7) is 4.82. The van der Waals surface area contributed by atoms with Gasteiger partial charge in [0.2, 0.25) is 5.95 Å². The molecule has 7 rings (SSSR count). The van der Waals surface area contributed by atoms with Crippen LogP contribution in [0.2, 0.25) is 0 Å². The molecule has 174 valence electrons. The second-order valence-corrected chi connectivity index (χ2v) is 9.18. The largest absolute Gasteiger partial charge is 0.497 e. The third kappa shape index (κ3) is 3.07. The first-order valence-electron chi connectivity index (χ1n) is 11.9. The summed E-state index contributed by atoms with van der Waals surface area (Å²) in [7, 11) is 0. The molecule has 9 heteroatoms. The minimum Gasteiger partial charge on any atom is -0.497 e. The normalized spacial score (nSPS) is 24.3. The van der Waals surface area contributed by atoms with Crippen LogP contribution >= 0.6 is 0 Å². The molecule has 0 saturated carbocycles. The number of ether oxygens (including phenoxy) is 3. The van der Waals surface area contributed by atoms with Crippen molar-refractivity contribution >= 4 is 17.1 Å². The van der Waals surface area contributed by atoms with Gasteiger partial charge in [0.05, 0.1) is 37.7 Å². The summed E-state index contributed by atoms with van der Waals surface area (Å²) in [5.74, 6) is 2.74. The van der Waals surface area contributed by atoms with E-state index in [9.17, 15) is 0 Å². The van der Waals surface area contributed by atoms with E-state index in [1.54, 1.807) is 0 Å². The summed E-state index contributed by atoms with van der Waals surface area (Å²) in [5.41, 5.74) is 4.50. The van der Waals surface area contributed by atoms with Gasteiger partial charge in [-0.3, -0.25) is 4.57 Å². The van der Waals surface area contributed by atoms with E-state index in [4.69, 9.17) is 24.2 Å². The number of morpholine rings is 1. The molecular formula is C25H26N6O3. The van der Waals surface area contributed by atoms with Crippen LogP contribution in [0.1, 0.15) is 25.1 Å². The summed E-state index contributed by atoms with van der Waals surface area (Å²) in [4.78, 5) is 21.4. The number of pyridine rings is 1. The van der Waals surface area contributed by atoms with E-state index < -0.39 is 0 Å². The topological polar surface area (TPSA) is 87.4 Å². The lowest BCUT2D eigenvalue weighted by molar-refractivity contribution is -0.00937. The molecule has 1 aliphatic carbocycles. The third-order valence-electron chi connectivity index (χ3n) is 7.28. The Morgan fingerprint density at radius 1 is 0.912 bits per heavy atom. The van der Waals surface area contributed by atoms with Crippen LogP contribution in [0.4, 0.5) is 5.95 Å². The van der Waals surface area contributed by atoms with Gasteiger partial charge < -0.3 is 19.1 Å². The maximum Gasteiger partial charge on any atom is 0.225 e. The monoisotopic (exact) mass is 458 g/mol. The van der Waals surface area contributed by atoms with Crippen LogP contribution in [-0.2, 0) is 26.4 Å². The zero-order valence-corrected chi connectivity index (χ0v) is 18.9. The highest BCUT2D eigenvalue weighted by atomic mass is 16.5. The van der Waals surface area contributed by atoms with Crippen molar-refractivity contribution in [2.24, 2.45) is 0 Å². The van der Waals surface area contributed by atoms with E-state index in [2.05, 4.69) is 31.6 Å². The van der Waals surface area contributed by atoms with Gasteiger partial charge in [-0.05, 0) is 18.6 Å². The van der Waals surface area contributed by atoms with Gasteiger partial charge in [-0.15, -0.1) is 0 Å². The van der Waals surface area contributed by atoms with Crippen molar-refractivity contribution in [3.05, 3.63) is 53.8 Å². The summed E-state index contributed by atoms with van der Waals surface area (Å²) in [6, 6.07) is 4.04. The number of nitrogens with zero attached hydrogens (tertiary/aromatic N) is 6. The maximum atomic E-state index is 6.10. The molecule has 1 atom stereocenters. The van der Waals surface area contributed by atoms with Crippen molar-refractivity contribution in [2.45, 2.75) is 31.4 Å². The summed E-state index contributed by atoms with van der Waals surface area (Å²) in [5, 5.41) is 0. The Labute approximate surface area is 197 Å². The standard InChI is InChI=1S/C25H26N6O3/c1-2-4-21-18(3-1)25(7-10-34-21)16-33-15-22-28-20-6-5-19(29-23(20)31(22)25)17-13-26-24(27-14-17)30-8-11-32-12-9-30/h1-2,5-6,13-14H,3-4,7-12,15-16H2. The maximum absolute atomic E-state index is 6.10. The lowest BCUT2D eigenvalue weighted by Crippen LogP contribution is -2.48. The molecule has 9 nitrogen and oxygen atoms in total. The molecule has 0 amide bonds. The van der Waals surface area contributed by atoms with Crippen molar-refractivity contribution < 1.29 is 14.2 Å². The number of hydrogen-bond donors (Lipinski definition) is 0. The van der Waals surface area contributed by atoms with Gasteiger partial charge in [-0.1, -0.05) is 12.2 Å². The lowest BCUT2D eigenvalue weighted by atomic mass is 9.79. The molecule has 3 aromatic heterocycles. The minimum atomic E-state index is -0.303. The van der Waals surface area contributed by atoms with E-state index in [-0.39, 0.29) is 5.54 Å². The van der Waals surface area contributed by atoms with Crippen molar-refractivity contribution in [3.8, 4) is 11.3 Å². The number of fused-ring (bicyclic) bond motifs is 5. The first-order chi connectivity index (χ1) is 16.8. The van der Waals surface area contributed by atoms with E-state index in [1.165, 1.54) is 5.57 Å². The van der Waals surface area contributed by atoms with Gasteiger partial charge >= 0.3 is 0 Å². The van der Waals surface area contributed by atoms with Gasteiger partial charge in [-0.2, -0.15) is 0 Å². The molecule has 1 spiro atoms. The van der Waals surface area contributed by atoms with Crippen molar-refractivity contribution in [1.82, 2.24) is 24.5 Å². The summed E-state index contributed by atoms with van der Waals surface area (Å²) in [6.07, 6.45) is 10.7. The third-order valence-corrected chi connectivity index (χ3v) is 7.28. The zero-order valence-electron chi connectivity index (χ0n) is 18.9. The van der Waals surface area contributed by atoms with Crippen LogP contribution in [0.25, 0.3) is 22.4 Å². The Morgan fingerprint density at radius 2 is 1.76 bits per heavy atom. The molecule has 3 aromatic rings. The fourth-order valence-electron chi connectivity index (χ4n) is 5.59. The van der Waals surface area contributed by atoms with Crippen LogP contribution in [0.15, 0.2) is 48.0 Å². The fraction of sp³-hybridized carbons (Fsp3) is 0.440. The number of aromatic nitrogens is 5. The molecule has 3 aliphatic heterocycles. The smallest absolute Gasteiger partial charge is 0.225 e. The molecule has 0 N–H and O–H groups in total. The average Bonchev–Trinajstić information content (AvgIpc) is 3.29. The molecule has 1 fully saturated rings. The van der Waals surface area contributed by atoms with Crippen molar-refractivity contribution in [3.63, 3.8) is 0 Å². The summed E-state index contributed by atoms with van der Waals surface area (Å²) < 4.78 is 19.9. The molecule has 0 radical (unpaired) electrons. The molecule has 4 aliphatic rings. The van der Waals surface area contributed by atoms with E-state index in [0.717, 1.165) is 72.3 Å². The van der Waals surface area contributed by atoms with Crippen LogP contribution < -0.4 is 4.90 Å². The van der Waals surface area contributed by atoms with Gasteiger partial charge in [-0.25, -0.2) is 19.9 Å². The first-order valence-corrected chi connectivity index (χ1v) is 11.9. The molecule has 6 heterocycles. The number of allylic oxidation sites excluding steroid dienone is 2. The van der Waals surface area contributed by atoms with Crippen LogP contribution in [-0.4, -0.2) is 64.0 Å². The van der Waals surface area contributed by atoms with Crippen LogP contribution in [0.5, 0.6) is 0 Å². The molecule has 34 heavy (non-hydrogen) atoms. The molecule has 1 unspecified atom stereocenters.